The van der Waals surface area contributed by atoms with Crippen LogP contribution in [-0.2, 0) is 19.6 Å². The number of carbonyl (C=O) groups is 1. The number of ether oxygens (including phenoxy) is 3. The van der Waals surface area contributed by atoms with E-state index in [2.05, 4.69) is 4.74 Å². The maximum Gasteiger partial charge on any atom is 0.305 e. The molecule has 0 unspecified atom stereocenters. The molecule has 0 saturated heterocycles. The number of nitrogens with zero attached hydrogens (tertiary/aromatic N) is 1. The van der Waals surface area contributed by atoms with Crippen molar-refractivity contribution in [3.8, 4) is 11.5 Å². The third-order valence-corrected chi connectivity index (χ3v) is 5.16. The molecule has 0 aliphatic carbocycles. The van der Waals surface area contributed by atoms with Crippen LogP contribution in [0.4, 0.5) is 0 Å². The number of hydrogen-bond acceptors (Lipinski definition) is 6. The predicted molar refractivity (Wildman–Crippen MR) is 78.5 cm³/mol. The molecule has 0 atom stereocenters. The highest BCUT2D eigenvalue weighted by Gasteiger charge is 2.23. The van der Waals surface area contributed by atoms with E-state index in [1.807, 2.05) is 0 Å². The minimum absolute atomic E-state index is 0.136. The quantitative estimate of drug-likeness (QED) is 0.725. The van der Waals surface area contributed by atoms with E-state index >= 15 is 0 Å². The molecule has 1 heterocycles. The number of esters is 1. The molecular weight excluding hydrogens is 310 g/mol. The Balaban J connectivity index is 2.07. The number of carbonyl (C=O) groups excluding carboxylic acids is 1. The van der Waals surface area contributed by atoms with Gasteiger partial charge in [-0.2, -0.15) is 0 Å². The van der Waals surface area contributed by atoms with E-state index in [0.29, 0.717) is 31.1 Å². The van der Waals surface area contributed by atoms with Gasteiger partial charge in [-0.1, -0.05) is 0 Å². The van der Waals surface area contributed by atoms with Crippen LogP contribution in [0.25, 0.3) is 0 Å². The summed E-state index contributed by atoms with van der Waals surface area (Å²) >= 11 is 0. The number of hydrogen-bond donors (Lipinski definition) is 0. The summed E-state index contributed by atoms with van der Waals surface area (Å²) in [6.07, 6.45) is 0.574. The molecule has 0 spiro atoms. The van der Waals surface area contributed by atoms with Crippen molar-refractivity contribution in [2.24, 2.45) is 0 Å². The Morgan fingerprint density at radius 2 is 1.95 bits per heavy atom. The first-order valence-electron chi connectivity index (χ1n) is 6.88. The first-order chi connectivity index (χ1) is 10.4. The Bertz CT molecular complexity index is 643. The van der Waals surface area contributed by atoms with E-state index in [0.717, 1.165) is 0 Å². The molecule has 22 heavy (non-hydrogen) atoms. The Morgan fingerprint density at radius 1 is 1.27 bits per heavy atom. The lowest BCUT2D eigenvalue weighted by Gasteiger charge is -2.21. The highest BCUT2D eigenvalue weighted by Crippen LogP contribution is 2.32. The smallest absolute Gasteiger partial charge is 0.305 e. The lowest BCUT2D eigenvalue weighted by molar-refractivity contribution is -0.140. The fraction of sp³-hybridized carbons (Fsp3) is 0.500. The number of methoxy groups -OCH3 is 1. The second-order valence-corrected chi connectivity index (χ2v) is 6.86. The normalized spacial score (nSPS) is 14.0. The maximum atomic E-state index is 12.5. The molecule has 2 rings (SSSR count). The molecule has 0 bridgehead atoms. The van der Waals surface area contributed by atoms with Crippen LogP contribution in [0.1, 0.15) is 12.8 Å². The van der Waals surface area contributed by atoms with E-state index in [4.69, 9.17) is 9.47 Å². The van der Waals surface area contributed by atoms with Gasteiger partial charge < -0.3 is 14.2 Å². The Labute approximate surface area is 129 Å². The van der Waals surface area contributed by atoms with E-state index in [-0.39, 0.29) is 23.8 Å². The first-order valence-corrected chi connectivity index (χ1v) is 8.32. The Kier molecular flexibility index (Phi) is 5.25. The van der Waals surface area contributed by atoms with Gasteiger partial charge in [-0.25, -0.2) is 12.7 Å². The molecule has 0 N–H and O–H groups in total. The molecular formula is C14H19NO6S. The topological polar surface area (TPSA) is 82.1 Å². The van der Waals surface area contributed by atoms with Crippen LogP contribution < -0.4 is 9.47 Å². The van der Waals surface area contributed by atoms with Crippen molar-refractivity contribution in [3.63, 3.8) is 0 Å². The van der Waals surface area contributed by atoms with Crippen molar-refractivity contribution in [1.29, 1.82) is 0 Å². The van der Waals surface area contributed by atoms with Crippen LogP contribution in [0.5, 0.6) is 11.5 Å². The summed E-state index contributed by atoms with van der Waals surface area (Å²) < 4.78 is 41.5. The first kappa shape index (κ1) is 16.6. The minimum atomic E-state index is -3.63. The van der Waals surface area contributed by atoms with Crippen molar-refractivity contribution >= 4 is 16.0 Å². The van der Waals surface area contributed by atoms with Gasteiger partial charge in [0.1, 0.15) is 13.2 Å². The summed E-state index contributed by atoms with van der Waals surface area (Å²) in [5.41, 5.74) is 0. The number of sulfonamides is 1. The van der Waals surface area contributed by atoms with Crippen LogP contribution in [0.2, 0.25) is 0 Å². The summed E-state index contributed by atoms with van der Waals surface area (Å²) in [4.78, 5) is 11.2. The summed E-state index contributed by atoms with van der Waals surface area (Å²) in [6, 6.07) is 4.53. The van der Waals surface area contributed by atoms with Gasteiger partial charge in [0.2, 0.25) is 10.0 Å². The van der Waals surface area contributed by atoms with Gasteiger partial charge in [-0.05, 0) is 18.6 Å². The van der Waals surface area contributed by atoms with Crippen molar-refractivity contribution in [3.05, 3.63) is 18.2 Å². The van der Waals surface area contributed by atoms with Crippen LogP contribution in [-0.4, -0.2) is 52.6 Å². The molecule has 1 aromatic carbocycles. The van der Waals surface area contributed by atoms with E-state index in [1.165, 1.54) is 30.6 Å². The molecule has 1 aliphatic rings. The summed E-state index contributed by atoms with van der Waals surface area (Å²) in [5, 5.41) is 0. The molecule has 0 amide bonds. The summed E-state index contributed by atoms with van der Waals surface area (Å²) in [7, 11) is -0.852. The zero-order chi connectivity index (χ0) is 16.2. The van der Waals surface area contributed by atoms with Gasteiger partial charge in [0.25, 0.3) is 0 Å². The number of benzene rings is 1. The van der Waals surface area contributed by atoms with Gasteiger partial charge in [-0.3, -0.25) is 4.79 Å². The molecule has 1 aliphatic heterocycles. The van der Waals surface area contributed by atoms with Gasteiger partial charge in [-0.15, -0.1) is 0 Å². The summed E-state index contributed by atoms with van der Waals surface area (Å²) in [5.74, 6) is 0.610. The van der Waals surface area contributed by atoms with Crippen molar-refractivity contribution in [2.45, 2.75) is 17.7 Å². The Hall–Kier alpha value is -1.80. The molecule has 0 radical (unpaired) electrons. The van der Waals surface area contributed by atoms with Crippen molar-refractivity contribution < 1.29 is 27.4 Å². The zero-order valence-electron chi connectivity index (χ0n) is 12.6. The van der Waals surface area contributed by atoms with Gasteiger partial charge in [0.15, 0.2) is 11.5 Å². The fourth-order valence-corrected chi connectivity index (χ4v) is 3.26. The number of fused-ring (bicyclic) bond motifs is 1. The average molecular weight is 329 g/mol. The van der Waals surface area contributed by atoms with Gasteiger partial charge in [0, 0.05) is 26.1 Å². The molecule has 8 heteroatoms. The zero-order valence-corrected chi connectivity index (χ0v) is 13.4. The predicted octanol–water partition coefficient (Wildman–Crippen LogP) is 1.03. The third kappa shape index (κ3) is 3.69. The highest BCUT2D eigenvalue weighted by atomic mass is 32.2. The molecule has 0 fully saturated rings. The summed E-state index contributed by atoms with van der Waals surface area (Å²) in [6.45, 7) is 1.07. The van der Waals surface area contributed by atoms with Gasteiger partial charge in [0.05, 0.1) is 12.0 Å². The van der Waals surface area contributed by atoms with Gasteiger partial charge >= 0.3 is 5.97 Å². The SMILES string of the molecule is COC(=O)CCCN(C)S(=O)(=O)c1ccc2c(c1)OCCO2. The monoisotopic (exact) mass is 329 g/mol. The average Bonchev–Trinajstić information content (AvgIpc) is 2.53. The van der Waals surface area contributed by atoms with Crippen LogP contribution in [0.15, 0.2) is 23.1 Å². The molecule has 1 aromatic rings. The standard InChI is InChI=1S/C14H19NO6S/c1-15(7-3-4-14(16)19-2)22(17,18)11-5-6-12-13(10-11)21-9-8-20-12/h5-6,10H,3-4,7-9H2,1-2H3. The van der Waals surface area contributed by atoms with E-state index in [9.17, 15) is 13.2 Å². The maximum absolute atomic E-state index is 12.5. The van der Waals surface area contributed by atoms with E-state index in [1.54, 1.807) is 6.07 Å². The van der Waals surface area contributed by atoms with Crippen LogP contribution in [0, 0.1) is 0 Å². The van der Waals surface area contributed by atoms with E-state index < -0.39 is 10.0 Å². The largest absolute Gasteiger partial charge is 0.486 e. The Morgan fingerprint density at radius 3 is 2.64 bits per heavy atom. The van der Waals surface area contributed by atoms with Crippen LogP contribution in [0.3, 0.4) is 0 Å². The number of rotatable bonds is 6. The fourth-order valence-electron chi connectivity index (χ4n) is 2.03. The highest BCUT2D eigenvalue weighted by molar-refractivity contribution is 7.89. The minimum Gasteiger partial charge on any atom is -0.486 e. The molecule has 7 nitrogen and oxygen atoms in total. The second kappa shape index (κ2) is 6.97. The van der Waals surface area contributed by atoms with Crippen molar-refractivity contribution in [2.75, 3.05) is 33.9 Å². The second-order valence-electron chi connectivity index (χ2n) is 4.81. The lowest BCUT2D eigenvalue weighted by atomic mass is 10.3. The van der Waals surface area contributed by atoms with Crippen LogP contribution >= 0.6 is 0 Å². The molecule has 122 valence electrons. The molecule has 0 saturated carbocycles. The van der Waals surface area contributed by atoms with Crippen molar-refractivity contribution in [1.82, 2.24) is 4.31 Å². The molecule has 0 aromatic heterocycles. The third-order valence-electron chi connectivity index (χ3n) is 3.30. The lowest BCUT2D eigenvalue weighted by Crippen LogP contribution is -2.28.